The van der Waals surface area contributed by atoms with Crippen LogP contribution >= 0.6 is 0 Å². The predicted octanol–water partition coefficient (Wildman–Crippen LogP) is 23.8. The Morgan fingerprint density at radius 3 is 0.522 bits per heavy atom. The summed E-state index contributed by atoms with van der Waals surface area (Å²) in [7, 11) is -9.14. The summed E-state index contributed by atoms with van der Waals surface area (Å²) >= 11 is 0. The minimum absolute atomic E-state index is 0.0495. The first-order chi connectivity index (χ1) is 42.0. The normalized spacial score (nSPS) is 13.0. The van der Waals surface area contributed by atoms with E-state index < -0.39 is 32.3 Å². The monoisotopic (exact) mass is 1290 g/mol. The van der Waals surface area contributed by atoms with Crippen LogP contribution in [-0.2, 0) is 21.7 Å². The Morgan fingerprint density at radius 2 is 0.380 bits per heavy atom. The SMILES string of the molecule is CC(C)[Si](C#C/C(C#CC#C/C(C#C[Si](C(C)C)(C(C)C)C(C)C)=C(/C#CC#Cc1cc(C(C)(C)C)cc(C(C)(C)C)c1)C#C[Si](C(C)C)(C(C)C)C(C)C)=C(\C#CC#Cc1cc(C(C)(C)C)cc(C(C)(C)C)c1)C#C[Si](C(C)C)(C(C)C)C(C)C)(C(C)C)C(C)C. The molecule has 0 unspecified atom stereocenters. The van der Waals surface area contributed by atoms with Crippen molar-refractivity contribution in [2.24, 2.45) is 0 Å². The molecule has 4 heteroatoms. The summed E-state index contributed by atoms with van der Waals surface area (Å²) in [5.41, 5.74) is 30.0. The molecule has 2 aromatic carbocycles. The number of benzene rings is 2. The third-order valence-electron chi connectivity index (χ3n) is 20.3. The highest BCUT2D eigenvalue weighted by Gasteiger charge is 2.45. The van der Waals surface area contributed by atoms with Crippen LogP contribution in [0.4, 0.5) is 0 Å². The second kappa shape index (κ2) is 33.7. The van der Waals surface area contributed by atoms with Crippen molar-refractivity contribution in [3.8, 4) is 117 Å². The van der Waals surface area contributed by atoms with Gasteiger partial charge in [0.2, 0.25) is 0 Å². The van der Waals surface area contributed by atoms with Gasteiger partial charge >= 0.3 is 0 Å². The van der Waals surface area contributed by atoms with Crippen molar-refractivity contribution < 1.29 is 0 Å². The molecule has 2 aromatic rings. The molecule has 0 amide bonds. The molecule has 0 spiro atoms. The first-order valence-corrected chi connectivity index (χ1v) is 44.0. The molecule has 0 fully saturated rings. The molecule has 0 radical (unpaired) electrons. The molecule has 0 atom stereocenters. The Kier molecular flexibility index (Phi) is 30.2. The van der Waals surface area contributed by atoms with E-state index in [1.165, 1.54) is 22.3 Å². The van der Waals surface area contributed by atoms with E-state index in [0.717, 1.165) is 11.1 Å². The molecular formula is C88H126Si4. The third kappa shape index (κ3) is 20.9. The van der Waals surface area contributed by atoms with Crippen molar-refractivity contribution in [3.63, 3.8) is 0 Å². The van der Waals surface area contributed by atoms with Gasteiger partial charge in [-0.2, -0.15) is 0 Å². The van der Waals surface area contributed by atoms with Gasteiger partial charge in [-0.3, -0.25) is 0 Å². The van der Waals surface area contributed by atoms with Crippen LogP contribution in [0, 0.1) is 117 Å². The van der Waals surface area contributed by atoms with E-state index in [2.05, 4.69) is 403 Å². The first kappa shape index (κ1) is 82.5. The standard InChI is InChI=1S/C88H126Si4/c1-63(2)89(64(3)4,65(5)6)53-49-77(45-39-37-43-75-57-81(85(25,26)27)61-82(58-75)86(28,29)30)79(51-55-91(69(13)14,70(15)16)71(17)18)47-41-42-48-80(52-56-92(72(19)20,73(21)22)74(23)24)78(50-54-90(66(7)8,67(9)10)68(11)12)46-40-38-44-76-59-83(87(31,32)33)62-84(60-76)88(34,35)36/h57-74H,1-36H3/b79-77+,80-78+. The van der Waals surface area contributed by atoms with Gasteiger partial charge < -0.3 is 0 Å². The highest BCUT2D eigenvalue weighted by atomic mass is 28.3. The van der Waals surface area contributed by atoms with Gasteiger partial charge in [0.05, 0.1) is 22.3 Å². The fraction of sp³-hybridized carbons (Fsp3) is 0.591. The van der Waals surface area contributed by atoms with Gasteiger partial charge in [-0.05, 0) is 194 Å². The second-order valence-corrected chi connectivity index (χ2v) is 56.5. The highest BCUT2D eigenvalue weighted by molar-refractivity contribution is 6.92. The van der Waals surface area contributed by atoms with E-state index in [9.17, 15) is 0 Å². The molecular weight excluding hydrogens is 1170 g/mol. The van der Waals surface area contributed by atoms with Crippen LogP contribution < -0.4 is 0 Å². The van der Waals surface area contributed by atoms with Gasteiger partial charge in [0.1, 0.15) is 32.3 Å². The van der Waals surface area contributed by atoms with Gasteiger partial charge in [0.15, 0.2) is 0 Å². The zero-order valence-electron chi connectivity index (χ0n) is 65.4. The number of rotatable bonds is 12. The van der Waals surface area contributed by atoms with Crippen molar-refractivity contribution in [2.45, 2.75) is 337 Å². The van der Waals surface area contributed by atoms with E-state index >= 15 is 0 Å². The lowest BCUT2D eigenvalue weighted by molar-refractivity contribution is 0.567. The zero-order chi connectivity index (χ0) is 71.1. The summed E-state index contributed by atoms with van der Waals surface area (Å²) in [5, 5.41) is 0. The summed E-state index contributed by atoms with van der Waals surface area (Å²) in [5.74, 6) is 56.4. The molecule has 0 aliphatic heterocycles. The van der Waals surface area contributed by atoms with Crippen LogP contribution in [0.1, 0.15) is 283 Å². The fourth-order valence-electron chi connectivity index (χ4n) is 14.8. The molecule has 0 aromatic heterocycles. The summed E-state index contributed by atoms with van der Waals surface area (Å²) in [6, 6.07) is 13.5. The van der Waals surface area contributed by atoms with Crippen LogP contribution in [0.25, 0.3) is 0 Å². The molecule has 0 nitrogen and oxygen atoms in total. The van der Waals surface area contributed by atoms with Crippen LogP contribution in [0.2, 0.25) is 66.5 Å². The van der Waals surface area contributed by atoms with Gasteiger partial charge in [-0.25, -0.2) is 0 Å². The number of hydrogen-bond donors (Lipinski definition) is 0. The van der Waals surface area contributed by atoms with Gasteiger partial charge in [0, 0.05) is 11.1 Å². The topological polar surface area (TPSA) is 0 Å². The molecule has 0 aliphatic rings. The molecule has 0 aliphatic carbocycles. The van der Waals surface area contributed by atoms with Crippen LogP contribution in [0.3, 0.4) is 0 Å². The zero-order valence-corrected chi connectivity index (χ0v) is 69.4. The van der Waals surface area contributed by atoms with E-state index in [0.29, 0.717) is 88.8 Å². The van der Waals surface area contributed by atoms with Crippen molar-refractivity contribution in [1.29, 1.82) is 0 Å². The van der Waals surface area contributed by atoms with Crippen molar-refractivity contribution >= 4 is 32.3 Å². The summed E-state index contributed by atoms with van der Waals surface area (Å²) in [4.78, 5) is 0. The average Bonchev–Trinajstić information content (AvgIpc) is 0.852. The van der Waals surface area contributed by atoms with Crippen molar-refractivity contribution in [1.82, 2.24) is 0 Å². The van der Waals surface area contributed by atoms with E-state index in [4.69, 9.17) is 0 Å². The maximum Gasteiger partial charge on any atom is 0.146 e. The molecule has 2 rings (SSSR count). The van der Waals surface area contributed by atoms with Gasteiger partial charge in [-0.15, -0.1) is 22.2 Å². The Labute approximate surface area is 574 Å². The lowest BCUT2D eigenvalue weighted by atomic mass is 9.79. The lowest BCUT2D eigenvalue weighted by Crippen LogP contribution is -2.43. The molecule has 0 saturated heterocycles. The quantitative estimate of drug-likeness (QED) is 0.147. The van der Waals surface area contributed by atoms with E-state index in [1.54, 1.807) is 0 Å². The predicted molar refractivity (Wildman–Crippen MR) is 422 cm³/mol. The number of allylic oxidation sites excluding steroid dienone is 4. The van der Waals surface area contributed by atoms with Crippen LogP contribution in [0.15, 0.2) is 58.7 Å². The van der Waals surface area contributed by atoms with Gasteiger partial charge in [-0.1, -0.05) is 297 Å². The summed E-state index contributed by atoms with van der Waals surface area (Å²) in [6.07, 6.45) is 0. The second-order valence-electron chi connectivity index (χ2n) is 34.2. The van der Waals surface area contributed by atoms with Crippen LogP contribution in [-0.4, -0.2) is 32.3 Å². The first-order valence-electron chi connectivity index (χ1n) is 35.0. The third-order valence-corrected chi connectivity index (χ3v) is 45.4. The molecule has 0 heterocycles. The molecule has 494 valence electrons. The average molecular weight is 1300 g/mol. The smallest absolute Gasteiger partial charge is 0.124 e. The highest BCUT2D eigenvalue weighted by Crippen LogP contribution is 2.45. The summed E-state index contributed by atoms with van der Waals surface area (Å²) < 4.78 is 0. The van der Waals surface area contributed by atoms with Crippen molar-refractivity contribution in [3.05, 3.63) is 92.1 Å². The van der Waals surface area contributed by atoms with E-state index in [-0.39, 0.29) is 21.7 Å². The lowest BCUT2D eigenvalue weighted by Gasteiger charge is -2.38. The molecule has 0 bridgehead atoms. The molecule has 0 N–H and O–H groups in total. The Balaban J connectivity index is 3.79. The minimum atomic E-state index is -2.30. The minimum Gasteiger partial charge on any atom is -0.124 e. The van der Waals surface area contributed by atoms with Crippen LogP contribution in [0.5, 0.6) is 0 Å². The fourth-order valence-corrected chi connectivity index (χ4v) is 35.6. The Hall–Kier alpha value is -5.61. The Bertz CT molecular complexity index is 3260. The Morgan fingerprint density at radius 1 is 0.228 bits per heavy atom. The maximum absolute atomic E-state index is 4.04. The van der Waals surface area contributed by atoms with Gasteiger partial charge in [0.25, 0.3) is 0 Å². The molecule has 0 saturated carbocycles. The van der Waals surface area contributed by atoms with Crippen molar-refractivity contribution in [2.75, 3.05) is 0 Å². The number of hydrogen-bond acceptors (Lipinski definition) is 0. The largest absolute Gasteiger partial charge is 0.146 e. The molecule has 92 heavy (non-hydrogen) atoms. The summed E-state index contributed by atoms with van der Waals surface area (Å²) in [6.45, 7) is 83.6. The van der Waals surface area contributed by atoms with E-state index in [1.807, 2.05) is 0 Å². The maximum atomic E-state index is 4.04.